The summed E-state index contributed by atoms with van der Waals surface area (Å²) in [6.07, 6.45) is 2.63. The molecule has 0 atom stereocenters. The molecule has 0 spiro atoms. The molecule has 0 bridgehead atoms. The van der Waals surface area contributed by atoms with Crippen LogP contribution in [0, 0.1) is 0 Å². The van der Waals surface area contributed by atoms with E-state index in [4.69, 9.17) is 4.74 Å². The Morgan fingerprint density at radius 3 is 2.48 bits per heavy atom. The van der Waals surface area contributed by atoms with Crippen molar-refractivity contribution in [2.75, 3.05) is 52.9 Å². The molecule has 1 aromatic carbocycles. The lowest BCUT2D eigenvalue weighted by Gasteiger charge is -2.40. The zero-order valence-corrected chi connectivity index (χ0v) is 14.8. The number of rotatable bonds is 5. The molecule has 128 valence electrons. The van der Waals surface area contributed by atoms with Crippen LogP contribution < -0.4 is 9.64 Å². The predicted octanol–water partition coefficient (Wildman–Crippen LogP) is 0.880. The Labute approximate surface area is 141 Å². The maximum absolute atomic E-state index is 5.77. The van der Waals surface area contributed by atoms with E-state index in [1.807, 2.05) is 0 Å². The molecular weight excluding hydrogens is 286 g/mol. The Morgan fingerprint density at radius 2 is 1.78 bits per heavy atom. The number of quaternary nitrogens is 1. The van der Waals surface area contributed by atoms with Gasteiger partial charge in [0.1, 0.15) is 5.75 Å². The van der Waals surface area contributed by atoms with Crippen LogP contribution in [0.15, 0.2) is 24.3 Å². The van der Waals surface area contributed by atoms with E-state index < -0.39 is 0 Å². The fourth-order valence-electron chi connectivity index (χ4n) is 3.89. The summed E-state index contributed by atoms with van der Waals surface area (Å²) in [7, 11) is 2.32. The minimum Gasteiger partial charge on any atom is -0.494 e. The number of likely N-dealkylation sites (N-methyl/N-ethyl adjacent to an activating group) is 1. The molecule has 3 rings (SSSR count). The predicted molar refractivity (Wildman–Crippen MR) is 94.1 cm³/mol. The number of ether oxygens (including phenoxy) is 1. The normalized spacial score (nSPS) is 22.3. The quantitative estimate of drug-likeness (QED) is 0.870. The molecule has 0 saturated carbocycles. The largest absolute Gasteiger partial charge is 0.494 e. The van der Waals surface area contributed by atoms with Crippen LogP contribution in [0.25, 0.3) is 0 Å². The van der Waals surface area contributed by atoms with Crippen molar-refractivity contribution in [2.45, 2.75) is 32.4 Å². The maximum Gasteiger partial charge on any atom is 0.123 e. The van der Waals surface area contributed by atoms with Crippen LogP contribution in [0.5, 0.6) is 5.75 Å². The van der Waals surface area contributed by atoms with Crippen LogP contribution in [0.4, 0.5) is 0 Å². The van der Waals surface area contributed by atoms with Gasteiger partial charge in [-0.1, -0.05) is 18.2 Å². The molecule has 1 N–H and O–H groups in total. The lowest BCUT2D eigenvalue weighted by atomic mass is 10.0. The first-order valence-electron chi connectivity index (χ1n) is 9.24. The van der Waals surface area contributed by atoms with Gasteiger partial charge in [0.15, 0.2) is 0 Å². The van der Waals surface area contributed by atoms with Gasteiger partial charge < -0.3 is 9.64 Å². The second kappa shape index (κ2) is 8.13. The van der Waals surface area contributed by atoms with Gasteiger partial charge in [-0.3, -0.25) is 9.80 Å². The zero-order chi connectivity index (χ0) is 16.1. The second-order valence-electron chi connectivity index (χ2n) is 7.04. The number of hydrogen-bond donors (Lipinski definition) is 1. The van der Waals surface area contributed by atoms with Crippen molar-refractivity contribution in [3.8, 4) is 5.75 Å². The van der Waals surface area contributed by atoms with Crippen LogP contribution in [-0.4, -0.2) is 68.8 Å². The third-order valence-electron chi connectivity index (χ3n) is 5.39. The van der Waals surface area contributed by atoms with Gasteiger partial charge in [-0.25, -0.2) is 0 Å². The highest BCUT2D eigenvalue weighted by Gasteiger charge is 2.28. The highest BCUT2D eigenvalue weighted by Crippen LogP contribution is 2.23. The lowest BCUT2D eigenvalue weighted by molar-refractivity contribution is -0.884. The van der Waals surface area contributed by atoms with Gasteiger partial charge >= 0.3 is 0 Å². The van der Waals surface area contributed by atoms with Crippen molar-refractivity contribution in [1.82, 2.24) is 9.80 Å². The number of piperazine rings is 1. The monoisotopic (exact) mass is 318 g/mol. The molecule has 1 aromatic rings. The second-order valence-corrected chi connectivity index (χ2v) is 7.04. The Hall–Kier alpha value is -1.10. The van der Waals surface area contributed by atoms with Crippen LogP contribution in [0.3, 0.4) is 0 Å². The minimum atomic E-state index is 0.741. The Morgan fingerprint density at radius 1 is 1.09 bits per heavy atom. The summed E-state index contributed by atoms with van der Waals surface area (Å²) in [6.45, 7) is 11.4. The fourth-order valence-corrected chi connectivity index (χ4v) is 3.89. The number of piperidine rings is 1. The molecule has 0 aliphatic carbocycles. The fraction of sp³-hybridized carbons (Fsp3) is 0.684. The number of nitrogens with zero attached hydrogens (tertiary/aromatic N) is 2. The molecule has 0 radical (unpaired) electrons. The molecule has 4 nitrogen and oxygen atoms in total. The number of likely N-dealkylation sites (tertiary alicyclic amines) is 1. The van der Waals surface area contributed by atoms with E-state index in [0.717, 1.165) is 24.9 Å². The summed E-state index contributed by atoms with van der Waals surface area (Å²) in [5.74, 6) is 1.05. The number of benzene rings is 1. The molecule has 2 heterocycles. The summed E-state index contributed by atoms with van der Waals surface area (Å²) in [6, 6.07) is 9.30. The van der Waals surface area contributed by atoms with E-state index in [9.17, 15) is 0 Å². The summed E-state index contributed by atoms with van der Waals surface area (Å²) >= 11 is 0. The maximum atomic E-state index is 5.77. The van der Waals surface area contributed by atoms with Gasteiger partial charge in [0.05, 0.1) is 26.7 Å². The van der Waals surface area contributed by atoms with Crippen molar-refractivity contribution < 1.29 is 9.64 Å². The topological polar surface area (TPSA) is 20.2 Å². The van der Waals surface area contributed by atoms with Crippen LogP contribution in [0.1, 0.15) is 25.3 Å². The molecule has 0 aromatic heterocycles. The molecule has 0 amide bonds. The Kier molecular flexibility index (Phi) is 5.92. The van der Waals surface area contributed by atoms with Gasteiger partial charge in [-0.2, -0.15) is 0 Å². The Balaban J connectivity index is 1.49. The molecule has 2 saturated heterocycles. The molecule has 23 heavy (non-hydrogen) atoms. The van der Waals surface area contributed by atoms with Crippen molar-refractivity contribution in [2.24, 2.45) is 0 Å². The Bertz CT molecular complexity index is 477. The third kappa shape index (κ3) is 4.46. The molecule has 2 aliphatic rings. The first kappa shape index (κ1) is 16.7. The van der Waals surface area contributed by atoms with E-state index in [-0.39, 0.29) is 0 Å². The minimum absolute atomic E-state index is 0.741. The van der Waals surface area contributed by atoms with Crippen LogP contribution >= 0.6 is 0 Å². The van der Waals surface area contributed by atoms with Gasteiger partial charge in [-0.05, 0) is 38.9 Å². The van der Waals surface area contributed by atoms with Crippen molar-refractivity contribution in [3.63, 3.8) is 0 Å². The number of nitrogens with one attached hydrogen (secondary N) is 1. The number of hydrogen-bond acceptors (Lipinski definition) is 3. The van der Waals surface area contributed by atoms with Gasteiger partial charge in [0.2, 0.25) is 0 Å². The van der Waals surface area contributed by atoms with Gasteiger partial charge in [0.25, 0.3) is 0 Å². The van der Waals surface area contributed by atoms with E-state index in [1.165, 1.54) is 57.7 Å². The van der Waals surface area contributed by atoms with E-state index in [2.05, 4.69) is 48.0 Å². The highest BCUT2D eigenvalue weighted by atomic mass is 16.5. The average Bonchev–Trinajstić information content (AvgIpc) is 2.58. The molecule has 4 heteroatoms. The summed E-state index contributed by atoms with van der Waals surface area (Å²) in [5.41, 5.74) is 1.33. The summed E-state index contributed by atoms with van der Waals surface area (Å²) < 4.78 is 5.77. The molecule has 2 aliphatic heterocycles. The van der Waals surface area contributed by atoms with E-state index >= 15 is 0 Å². The van der Waals surface area contributed by atoms with Crippen molar-refractivity contribution >= 4 is 0 Å². The summed E-state index contributed by atoms with van der Waals surface area (Å²) in [4.78, 5) is 7.01. The van der Waals surface area contributed by atoms with E-state index in [0.29, 0.717) is 0 Å². The standard InChI is InChI=1S/C19H31N3O/c1-3-23-19-7-5-4-6-17(19)16-21-10-8-18(9-11-21)22-14-12-20(2)13-15-22/h4-7,18H,3,8-16H2,1-2H3/p+1. The first-order chi connectivity index (χ1) is 11.3. The van der Waals surface area contributed by atoms with Crippen LogP contribution in [-0.2, 0) is 6.54 Å². The van der Waals surface area contributed by atoms with E-state index in [1.54, 1.807) is 4.90 Å². The smallest absolute Gasteiger partial charge is 0.123 e. The summed E-state index contributed by atoms with van der Waals surface area (Å²) in [5, 5.41) is 0. The average molecular weight is 318 g/mol. The zero-order valence-electron chi connectivity index (χ0n) is 14.8. The first-order valence-corrected chi connectivity index (χ1v) is 9.24. The lowest BCUT2D eigenvalue weighted by Crippen LogP contribution is -3.12. The van der Waals surface area contributed by atoms with Gasteiger partial charge in [0, 0.05) is 31.2 Å². The van der Waals surface area contributed by atoms with Crippen molar-refractivity contribution in [1.29, 1.82) is 0 Å². The highest BCUT2D eigenvalue weighted by molar-refractivity contribution is 5.33. The molecule has 0 unspecified atom stereocenters. The third-order valence-corrected chi connectivity index (χ3v) is 5.39. The van der Waals surface area contributed by atoms with Crippen LogP contribution in [0.2, 0.25) is 0 Å². The van der Waals surface area contributed by atoms with Gasteiger partial charge in [-0.15, -0.1) is 0 Å². The molecule has 2 fully saturated rings. The molecular formula is C19H32N3O+. The number of para-hydroxylation sites is 1. The SMILES string of the molecule is CCOc1ccccc1CN1CCC(N2CC[NH+](C)CC2)CC1. The van der Waals surface area contributed by atoms with Crippen molar-refractivity contribution in [3.05, 3.63) is 29.8 Å².